The Bertz CT molecular complexity index is 1030. The van der Waals surface area contributed by atoms with Crippen molar-refractivity contribution in [1.29, 1.82) is 0 Å². The molecule has 0 unspecified atom stereocenters. The van der Waals surface area contributed by atoms with E-state index >= 15 is 0 Å². The number of aromatic amines is 1. The number of aromatic nitrogens is 4. The van der Waals surface area contributed by atoms with E-state index in [-0.39, 0.29) is 5.69 Å². The van der Waals surface area contributed by atoms with Gasteiger partial charge in [0.1, 0.15) is 5.75 Å². The van der Waals surface area contributed by atoms with Crippen LogP contribution in [0.4, 0.5) is 0 Å². The van der Waals surface area contributed by atoms with Crippen molar-refractivity contribution in [3.63, 3.8) is 0 Å². The molecule has 1 saturated carbocycles. The number of imidazole rings is 1. The number of nitrogens with one attached hydrogen (secondary N) is 1. The highest BCUT2D eigenvalue weighted by Gasteiger charge is 2.19. The van der Waals surface area contributed by atoms with Gasteiger partial charge in [0, 0.05) is 12.1 Å². The third-order valence-electron chi connectivity index (χ3n) is 5.81. The van der Waals surface area contributed by atoms with Crippen LogP contribution in [0.1, 0.15) is 57.4 Å². The first-order chi connectivity index (χ1) is 13.6. The van der Waals surface area contributed by atoms with Gasteiger partial charge in [-0.3, -0.25) is 9.55 Å². The maximum atomic E-state index is 12.5. The predicted octanol–water partition coefficient (Wildman–Crippen LogP) is 4.50. The molecule has 1 N–H and O–H groups in total. The number of ether oxygens (including phenoxy) is 1. The monoisotopic (exact) mass is 380 g/mol. The number of methoxy groups -OCH3 is 1. The molecule has 2 aromatic heterocycles. The van der Waals surface area contributed by atoms with Crippen LogP contribution in [-0.4, -0.2) is 26.6 Å². The van der Waals surface area contributed by atoms with Gasteiger partial charge >= 0.3 is 5.69 Å². The Morgan fingerprint density at radius 1 is 1.25 bits per heavy atom. The molecular weight excluding hydrogens is 352 g/mol. The Labute approximate surface area is 165 Å². The second-order valence-electron chi connectivity index (χ2n) is 8.09. The van der Waals surface area contributed by atoms with Gasteiger partial charge in [0.25, 0.3) is 0 Å². The lowest BCUT2D eigenvalue weighted by Crippen LogP contribution is -2.23. The molecule has 6 heteroatoms. The summed E-state index contributed by atoms with van der Waals surface area (Å²) in [6.45, 7) is 5.02. The SMILES string of the molecule is COc1cc(C(C)C)ccc1-c1cnc2[nH]c(=O)n(CC3CCCCC3)c2n1. The molecule has 0 spiro atoms. The molecule has 0 bridgehead atoms. The van der Waals surface area contributed by atoms with Crippen molar-refractivity contribution in [2.75, 3.05) is 7.11 Å². The quantitative estimate of drug-likeness (QED) is 0.707. The normalized spacial score (nSPS) is 15.4. The molecule has 1 fully saturated rings. The van der Waals surface area contributed by atoms with Gasteiger partial charge in [0.05, 0.1) is 19.0 Å². The molecule has 3 aromatic rings. The van der Waals surface area contributed by atoms with Gasteiger partial charge in [0.15, 0.2) is 11.3 Å². The molecule has 0 radical (unpaired) electrons. The summed E-state index contributed by atoms with van der Waals surface area (Å²) in [6, 6.07) is 6.18. The zero-order valence-electron chi connectivity index (χ0n) is 16.9. The van der Waals surface area contributed by atoms with E-state index in [1.54, 1.807) is 17.9 Å². The second kappa shape index (κ2) is 7.78. The third-order valence-corrected chi connectivity index (χ3v) is 5.81. The Morgan fingerprint density at radius 3 is 2.75 bits per heavy atom. The highest BCUT2D eigenvalue weighted by Crippen LogP contribution is 2.32. The summed E-state index contributed by atoms with van der Waals surface area (Å²) < 4.78 is 7.38. The van der Waals surface area contributed by atoms with E-state index < -0.39 is 0 Å². The summed E-state index contributed by atoms with van der Waals surface area (Å²) in [5, 5.41) is 0. The maximum absolute atomic E-state index is 12.5. The summed E-state index contributed by atoms with van der Waals surface area (Å²) in [4.78, 5) is 24.6. The minimum atomic E-state index is -0.125. The van der Waals surface area contributed by atoms with Crippen LogP contribution in [0.3, 0.4) is 0 Å². The van der Waals surface area contributed by atoms with Gasteiger partial charge in [-0.05, 0) is 42.4 Å². The molecule has 28 heavy (non-hydrogen) atoms. The fraction of sp³-hybridized carbons (Fsp3) is 0.500. The zero-order chi connectivity index (χ0) is 19.7. The highest BCUT2D eigenvalue weighted by atomic mass is 16.5. The summed E-state index contributed by atoms with van der Waals surface area (Å²) in [7, 11) is 1.67. The molecule has 1 aromatic carbocycles. The lowest BCUT2D eigenvalue weighted by atomic mass is 9.89. The number of fused-ring (bicyclic) bond motifs is 1. The standard InChI is InChI=1S/C22H28N4O2/c1-14(2)16-9-10-17(19(11-16)28-3)18-12-23-20-21(24-18)26(22(27)25-20)13-15-7-5-4-6-8-15/h9-12,14-15H,4-8,13H2,1-3H3,(H,23,25,27). The Morgan fingerprint density at radius 2 is 2.04 bits per heavy atom. The first-order valence-electron chi connectivity index (χ1n) is 10.2. The van der Waals surface area contributed by atoms with E-state index in [4.69, 9.17) is 9.72 Å². The van der Waals surface area contributed by atoms with Crippen LogP contribution in [0.5, 0.6) is 5.75 Å². The fourth-order valence-electron chi connectivity index (χ4n) is 4.13. The van der Waals surface area contributed by atoms with Gasteiger partial charge in [-0.1, -0.05) is 39.2 Å². The number of rotatable bonds is 5. The van der Waals surface area contributed by atoms with Crippen molar-refractivity contribution >= 4 is 11.3 Å². The van der Waals surface area contributed by atoms with Crippen molar-refractivity contribution in [3.8, 4) is 17.0 Å². The minimum absolute atomic E-state index is 0.125. The van der Waals surface area contributed by atoms with Gasteiger partial charge in [0.2, 0.25) is 0 Å². The van der Waals surface area contributed by atoms with Gasteiger partial charge in [-0.15, -0.1) is 0 Å². The number of nitrogens with zero attached hydrogens (tertiary/aromatic N) is 3. The zero-order valence-corrected chi connectivity index (χ0v) is 16.9. The van der Waals surface area contributed by atoms with Crippen LogP contribution < -0.4 is 10.4 Å². The average molecular weight is 380 g/mol. The maximum Gasteiger partial charge on any atom is 0.328 e. The van der Waals surface area contributed by atoms with E-state index in [9.17, 15) is 4.79 Å². The van der Waals surface area contributed by atoms with Gasteiger partial charge < -0.3 is 4.74 Å². The van der Waals surface area contributed by atoms with E-state index in [1.165, 1.54) is 37.7 Å². The smallest absolute Gasteiger partial charge is 0.328 e. The highest BCUT2D eigenvalue weighted by molar-refractivity contribution is 5.74. The molecule has 1 aliphatic carbocycles. The van der Waals surface area contributed by atoms with Crippen molar-refractivity contribution < 1.29 is 4.74 Å². The van der Waals surface area contributed by atoms with E-state index in [2.05, 4.69) is 35.9 Å². The Hall–Kier alpha value is -2.63. The van der Waals surface area contributed by atoms with Crippen molar-refractivity contribution in [2.24, 2.45) is 5.92 Å². The molecule has 1 aliphatic rings. The Kier molecular flexibility index (Phi) is 5.20. The van der Waals surface area contributed by atoms with E-state index in [0.29, 0.717) is 29.7 Å². The van der Waals surface area contributed by atoms with Crippen LogP contribution in [0, 0.1) is 5.92 Å². The predicted molar refractivity (Wildman–Crippen MR) is 111 cm³/mol. The summed E-state index contributed by atoms with van der Waals surface area (Å²) in [6.07, 6.45) is 7.86. The largest absolute Gasteiger partial charge is 0.496 e. The van der Waals surface area contributed by atoms with Gasteiger partial charge in [-0.2, -0.15) is 0 Å². The summed E-state index contributed by atoms with van der Waals surface area (Å²) in [5.74, 6) is 1.73. The number of H-pyrrole nitrogens is 1. The number of hydrogen-bond donors (Lipinski definition) is 1. The molecule has 2 heterocycles. The minimum Gasteiger partial charge on any atom is -0.496 e. The summed E-state index contributed by atoms with van der Waals surface area (Å²) >= 11 is 0. The van der Waals surface area contributed by atoms with Crippen molar-refractivity contribution in [2.45, 2.75) is 58.4 Å². The molecular formula is C22H28N4O2. The summed E-state index contributed by atoms with van der Waals surface area (Å²) in [5.41, 5.74) is 3.87. The van der Waals surface area contributed by atoms with Gasteiger partial charge in [-0.25, -0.2) is 14.8 Å². The number of hydrogen-bond acceptors (Lipinski definition) is 4. The third kappa shape index (κ3) is 3.55. The second-order valence-corrected chi connectivity index (χ2v) is 8.09. The topological polar surface area (TPSA) is 72.8 Å². The molecule has 148 valence electrons. The Balaban J connectivity index is 1.75. The molecule has 0 aliphatic heterocycles. The lowest BCUT2D eigenvalue weighted by molar-refractivity contribution is 0.319. The molecule has 0 amide bonds. The molecule has 0 saturated heterocycles. The molecule has 4 rings (SSSR count). The number of benzene rings is 1. The van der Waals surface area contributed by atoms with Crippen LogP contribution in [0.2, 0.25) is 0 Å². The van der Waals surface area contributed by atoms with Crippen molar-refractivity contribution in [3.05, 3.63) is 40.4 Å². The molecule has 0 atom stereocenters. The van der Waals surface area contributed by atoms with E-state index in [0.717, 1.165) is 17.0 Å². The first kappa shape index (κ1) is 18.7. The van der Waals surface area contributed by atoms with Crippen LogP contribution >= 0.6 is 0 Å². The van der Waals surface area contributed by atoms with Crippen LogP contribution in [-0.2, 0) is 6.54 Å². The average Bonchev–Trinajstić information content (AvgIpc) is 3.02. The van der Waals surface area contributed by atoms with Crippen molar-refractivity contribution in [1.82, 2.24) is 19.5 Å². The molecule has 6 nitrogen and oxygen atoms in total. The van der Waals surface area contributed by atoms with Crippen LogP contribution in [0.25, 0.3) is 22.6 Å². The fourth-order valence-corrected chi connectivity index (χ4v) is 4.13. The van der Waals surface area contributed by atoms with E-state index in [1.807, 2.05) is 6.07 Å². The lowest BCUT2D eigenvalue weighted by Gasteiger charge is -2.21. The first-order valence-corrected chi connectivity index (χ1v) is 10.2. The van der Waals surface area contributed by atoms with Crippen LogP contribution in [0.15, 0.2) is 29.2 Å².